The third kappa shape index (κ3) is 3.99. The molecule has 0 unspecified atom stereocenters. The fourth-order valence-corrected chi connectivity index (χ4v) is 1.83. The summed E-state index contributed by atoms with van der Waals surface area (Å²) >= 11 is 0. The van der Waals surface area contributed by atoms with Crippen LogP contribution in [0.5, 0.6) is 0 Å². The van der Waals surface area contributed by atoms with E-state index in [1.54, 1.807) is 6.08 Å². The van der Waals surface area contributed by atoms with Gasteiger partial charge in [-0.25, -0.2) is 4.79 Å². The highest BCUT2D eigenvalue weighted by Gasteiger charge is 2.11. The Labute approximate surface area is 118 Å². The first-order valence-corrected chi connectivity index (χ1v) is 6.44. The Balaban J connectivity index is 1.88. The van der Waals surface area contributed by atoms with E-state index in [1.807, 2.05) is 60.7 Å². The number of rotatable bonds is 5. The summed E-state index contributed by atoms with van der Waals surface area (Å²) in [4.78, 5) is 11.8. The lowest BCUT2D eigenvalue weighted by Gasteiger charge is -2.15. The first-order valence-electron chi connectivity index (χ1n) is 6.44. The number of carbonyl (C=O) groups excluding carboxylic acids is 1. The van der Waals surface area contributed by atoms with Crippen molar-refractivity contribution >= 4 is 6.09 Å². The van der Waals surface area contributed by atoms with Crippen molar-refractivity contribution in [3.05, 3.63) is 84.4 Å². The number of amides is 1. The summed E-state index contributed by atoms with van der Waals surface area (Å²) in [6.45, 7) is 3.99. The molecule has 1 N–H and O–H groups in total. The number of benzene rings is 2. The van der Waals surface area contributed by atoms with E-state index in [1.165, 1.54) is 0 Å². The van der Waals surface area contributed by atoms with Gasteiger partial charge in [0.25, 0.3) is 0 Å². The molecule has 0 spiro atoms. The molecule has 2 rings (SSSR count). The summed E-state index contributed by atoms with van der Waals surface area (Å²) in [5, 5.41) is 2.77. The third-order valence-electron chi connectivity index (χ3n) is 2.88. The minimum absolute atomic E-state index is 0.250. The van der Waals surface area contributed by atoms with Crippen molar-refractivity contribution in [1.29, 1.82) is 0 Å². The Morgan fingerprint density at radius 1 is 1.10 bits per heavy atom. The fourth-order valence-electron chi connectivity index (χ4n) is 1.83. The van der Waals surface area contributed by atoms with Gasteiger partial charge in [-0.2, -0.15) is 0 Å². The van der Waals surface area contributed by atoms with Crippen molar-refractivity contribution in [3.63, 3.8) is 0 Å². The van der Waals surface area contributed by atoms with Gasteiger partial charge in [0.05, 0.1) is 6.04 Å². The van der Waals surface area contributed by atoms with Crippen LogP contribution in [-0.4, -0.2) is 6.09 Å². The van der Waals surface area contributed by atoms with Gasteiger partial charge in [0.15, 0.2) is 0 Å². The van der Waals surface area contributed by atoms with E-state index in [-0.39, 0.29) is 12.6 Å². The molecule has 0 saturated carbocycles. The number of hydrogen-bond donors (Lipinski definition) is 1. The molecule has 0 saturated heterocycles. The molecule has 2 aromatic rings. The second-order valence-electron chi connectivity index (χ2n) is 4.33. The monoisotopic (exact) mass is 267 g/mol. The van der Waals surface area contributed by atoms with Crippen LogP contribution >= 0.6 is 0 Å². The van der Waals surface area contributed by atoms with Crippen LogP contribution in [0.2, 0.25) is 0 Å². The van der Waals surface area contributed by atoms with Crippen LogP contribution in [0, 0.1) is 0 Å². The molecule has 0 radical (unpaired) electrons. The van der Waals surface area contributed by atoms with Gasteiger partial charge in [-0.1, -0.05) is 66.7 Å². The molecule has 0 aliphatic carbocycles. The average Bonchev–Trinajstić information content (AvgIpc) is 2.52. The van der Waals surface area contributed by atoms with Gasteiger partial charge in [-0.05, 0) is 11.1 Å². The first-order chi connectivity index (χ1) is 9.79. The number of carbonyl (C=O) groups is 1. The highest BCUT2D eigenvalue weighted by atomic mass is 16.5. The van der Waals surface area contributed by atoms with E-state index in [0.717, 1.165) is 11.1 Å². The van der Waals surface area contributed by atoms with Crippen molar-refractivity contribution in [1.82, 2.24) is 5.32 Å². The van der Waals surface area contributed by atoms with E-state index in [9.17, 15) is 4.79 Å². The Morgan fingerprint density at radius 2 is 1.70 bits per heavy atom. The molecule has 1 amide bonds. The molecule has 3 heteroatoms. The maximum atomic E-state index is 11.8. The minimum Gasteiger partial charge on any atom is -0.445 e. The predicted molar refractivity (Wildman–Crippen MR) is 79.1 cm³/mol. The summed E-state index contributed by atoms with van der Waals surface area (Å²) in [7, 11) is 0. The van der Waals surface area contributed by atoms with Crippen LogP contribution in [0.15, 0.2) is 73.3 Å². The smallest absolute Gasteiger partial charge is 0.408 e. The van der Waals surface area contributed by atoms with Crippen molar-refractivity contribution < 1.29 is 9.53 Å². The number of alkyl carbamates (subject to hydrolysis) is 1. The molecule has 20 heavy (non-hydrogen) atoms. The SMILES string of the molecule is C=C[C@@H](NC(=O)OCc1ccccc1)c1ccccc1. The van der Waals surface area contributed by atoms with Crippen LogP contribution in [0.1, 0.15) is 17.2 Å². The van der Waals surface area contributed by atoms with Crippen molar-refractivity contribution in [3.8, 4) is 0 Å². The van der Waals surface area contributed by atoms with Crippen molar-refractivity contribution in [2.24, 2.45) is 0 Å². The summed E-state index contributed by atoms with van der Waals surface area (Å²) in [5.74, 6) is 0. The molecule has 102 valence electrons. The number of hydrogen-bond acceptors (Lipinski definition) is 2. The zero-order valence-electron chi connectivity index (χ0n) is 11.2. The van der Waals surface area contributed by atoms with Gasteiger partial charge in [-0.3, -0.25) is 0 Å². The topological polar surface area (TPSA) is 38.3 Å². The summed E-state index contributed by atoms with van der Waals surface area (Å²) in [5.41, 5.74) is 1.93. The molecular weight excluding hydrogens is 250 g/mol. The van der Waals surface area contributed by atoms with Crippen LogP contribution in [0.3, 0.4) is 0 Å². The normalized spacial score (nSPS) is 11.4. The van der Waals surface area contributed by atoms with Crippen molar-refractivity contribution in [2.45, 2.75) is 12.6 Å². The van der Waals surface area contributed by atoms with E-state index in [4.69, 9.17) is 4.74 Å². The van der Waals surface area contributed by atoms with Gasteiger partial charge in [-0.15, -0.1) is 6.58 Å². The van der Waals surface area contributed by atoms with Crippen LogP contribution < -0.4 is 5.32 Å². The van der Waals surface area contributed by atoms with Crippen LogP contribution in [-0.2, 0) is 11.3 Å². The lowest BCUT2D eigenvalue weighted by molar-refractivity contribution is 0.137. The van der Waals surface area contributed by atoms with Crippen LogP contribution in [0.4, 0.5) is 4.79 Å². The molecule has 1 atom stereocenters. The lowest BCUT2D eigenvalue weighted by atomic mass is 10.1. The minimum atomic E-state index is -0.456. The fraction of sp³-hybridized carbons (Fsp3) is 0.118. The van der Waals surface area contributed by atoms with Gasteiger partial charge < -0.3 is 10.1 Å². The molecule has 0 aliphatic heterocycles. The van der Waals surface area contributed by atoms with Crippen LogP contribution in [0.25, 0.3) is 0 Å². The van der Waals surface area contributed by atoms with Gasteiger partial charge in [0, 0.05) is 0 Å². The Kier molecular flexibility index (Phi) is 4.95. The molecule has 2 aromatic carbocycles. The molecular formula is C17H17NO2. The van der Waals surface area contributed by atoms with E-state index < -0.39 is 6.09 Å². The van der Waals surface area contributed by atoms with Gasteiger partial charge in [0.2, 0.25) is 0 Å². The highest BCUT2D eigenvalue weighted by molar-refractivity contribution is 5.68. The van der Waals surface area contributed by atoms with E-state index >= 15 is 0 Å². The van der Waals surface area contributed by atoms with E-state index in [2.05, 4.69) is 11.9 Å². The largest absolute Gasteiger partial charge is 0.445 e. The molecule has 0 aliphatic rings. The highest BCUT2D eigenvalue weighted by Crippen LogP contribution is 2.13. The third-order valence-corrected chi connectivity index (χ3v) is 2.88. The lowest BCUT2D eigenvalue weighted by Crippen LogP contribution is -2.27. The number of ether oxygens (including phenoxy) is 1. The summed E-state index contributed by atoms with van der Waals surface area (Å²) in [6, 6.07) is 19.0. The zero-order valence-corrected chi connectivity index (χ0v) is 11.2. The maximum absolute atomic E-state index is 11.8. The molecule has 0 fully saturated rings. The quantitative estimate of drug-likeness (QED) is 0.836. The molecule has 0 aromatic heterocycles. The summed E-state index contributed by atoms with van der Waals surface area (Å²) < 4.78 is 5.18. The molecule has 0 bridgehead atoms. The Morgan fingerprint density at radius 3 is 2.30 bits per heavy atom. The molecule has 0 heterocycles. The summed E-state index contributed by atoms with van der Waals surface area (Å²) in [6.07, 6.45) is 1.22. The number of nitrogens with one attached hydrogen (secondary N) is 1. The zero-order chi connectivity index (χ0) is 14.2. The Bertz CT molecular complexity index is 552. The first kappa shape index (κ1) is 13.9. The second kappa shape index (κ2) is 7.14. The van der Waals surface area contributed by atoms with Gasteiger partial charge >= 0.3 is 6.09 Å². The predicted octanol–water partition coefficient (Wildman–Crippen LogP) is 3.84. The maximum Gasteiger partial charge on any atom is 0.408 e. The second-order valence-corrected chi connectivity index (χ2v) is 4.33. The Hall–Kier alpha value is -2.55. The average molecular weight is 267 g/mol. The van der Waals surface area contributed by atoms with Gasteiger partial charge in [0.1, 0.15) is 6.61 Å². The van der Waals surface area contributed by atoms with Crippen molar-refractivity contribution in [2.75, 3.05) is 0 Å². The van der Waals surface area contributed by atoms with E-state index in [0.29, 0.717) is 0 Å². The molecule has 3 nitrogen and oxygen atoms in total. The standard InChI is InChI=1S/C17H17NO2/c1-2-16(15-11-7-4-8-12-15)18-17(19)20-13-14-9-5-3-6-10-14/h2-12,16H,1,13H2,(H,18,19)/t16-/m1/s1.